The van der Waals surface area contributed by atoms with Gasteiger partial charge in [0.25, 0.3) is 0 Å². The van der Waals surface area contributed by atoms with Crippen molar-refractivity contribution >= 4 is 17.5 Å². The number of para-hydroxylation sites is 1. The zero-order valence-corrected chi connectivity index (χ0v) is 15.5. The Hall–Kier alpha value is -3.20. The molecule has 1 saturated heterocycles. The molecule has 1 unspecified atom stereocenters. The number of aryl methyl sites for hydroxylation is 1. The van der Waals surface area contributed by atoms with E-state index in [1.165, 1.54) is 27.2 Å². The van der Waals surface area contributed by atoms with Crippen LogP contribution >= 0.6 is 0 Å². The van der Waals surface area contributed by atoms with Gasteiger partial charge in [-0.15, -0.1) is 0 Å². The Morgan fingerprint density at radius 2 is 1.00 bits per heavy atom. The van der Waals surface area contributed by atoms with Crippen molar-refractivity contribution in [2.45, 2.75) is 18.8 Å². The van der Waals surface area contributed by atoms with Gasteiger partial charge in [-0.2, -0.15) is 0 Å². The molecule has 2 bridgehead atoms. The van der Waals surface area contributed by atoms with Crippen molar-refractivity contribution in [2.75, 3.05) is 4.90 Å². The largest absolute Gasteiger partial charge is 0.274 e. The van der Waals surface area contributed by atoms with Gasteiger partial charge in [-0.25, -0.2) is 4.90 Å². The first kappa shape index (κ1) is 15.8. The van der Waals surface area contributed by atoms with Gasteiger partial charge in [0.15, 0.2) is 0 Å². The first-order valence-electron chi connectivity index (χ1n) is 9.79. The molecular weight excluding hydrogens is 346 g/mol. The highest BCUT2D eigenvalue weighted by Gasteiger charge is 2.61. The molecule has 3 nitrogen and oxygen atoms in total. The molecule has 1 aliphatic heterocycles. The van der Waals surface area contributed by atoms with Gasteiger partial charge >= 0.3 is 0 Å². The quantitative estimate of drug-likeness (QED) is 0.600. The Labute approximate surface area is 163 Å². The molecule has 1 fully saturated rings. The van der Waals surface area contributed by atoms with Gasteiger partial charge < -0.3 is 0 Å². The minimum Gasteiger partial charge on any atom is -0.274 e. The summed E-state index contributed by atoms with van der Waals surface area (Å²) in [4.78, 5) is 28.7. The molecule has 28 heavy (non-hydrogen) atoms. The number of anilines is 1. The topological polar surface area (TPSA) is 37.4 Å². The van der Waals surface area contributed by atoms with Crippen LogP contribution in [0.25, 0.3) is 0 Å². The van der Waals surface area contributed by atoms with Crippen LogP contribution in [-0.2, 0) is 9.59 Å². The first-order chi connectivity index (χ1) is 13.7. The van der Waals surface area contributed by atoms with E-state index < -0.39 is 0 Å². The summed E-state index contributed by atoms with van der Waals surface area (Å²) in [6.07, 6.45) is 0. The maximum absolute atomic E-state index is 13.6. The van der Waals surface area contributed by atoms with Crippen molar-refractivity contribution in [1.29, 1.82) is 0 Å². The van der Waals surface area contributed by atoms with Crippen LogP contribution in [0.15, 0.2) is 72.8 Å². The van der Waals surface area contributed by atoms with E-state index in [0.29, 0.717) is 0 Å². The number of amides is 2. The Balaban J connectivity index is 1.59. The van der Waals surface area contributed by atoms with E-state index in [-0.39, 0.29) is 35.5 Å². The van der Waals surface area contributed by atoms with E-state index in [0.717, 1.165) is 11.3 Å². The minimum absolute atomic E-state index is 0.0483. The molecule has 1 heterocycles. The van der Waals surface area contributed by atoms with E-state index >= 15 is 0 Å². The summed E-state index contributed by atoms with van der Waals surface area (Å²) in [6, 6.07) is 24.3. The number of hydrogen-bond acceptors (Lipinski definition) is 2. The van der Waals surface area contributed by atoms with E-state index in [2.05, 4.69) is 24.3 Å². The average Bonchev–Trinajstić information content (AvgIpc) is 2.99. The molecular formula is C25H19NO2. The Kier molecular flexibility index (Phi) is 3.06. The summed E-state index contributed by atoms with van der Waals surface area (Å²) in [5, 5.41) is 0. The van der Waals surface area contributed by atoms with E-state index in [4.69, 9.17) is 0 Å². The SMILES string of the molecule is Cc1ccccc1N1C(=O)C2C3c4ccccc4C(c4ccccc43)[C@@H]2C1=O. The van der Waals surface area contributed by atoms with Crippen LogP contribution in [0.5, 0.6) is 0 Å². The van der Waals surface area contributed by atoms with Crippen molar-refractivity contribution in [3.05, 3.63) is 101 Å². The molecule has 0 aromatic heterocycles. The number of imide groups is 1. The summed E-state index contributed by atoms with van der Waals surface area (Å²) in [7, 11) is 0. The monoisotopic (exact) mass is 365 g/mol. The maximum Gasteiger partial charge on any atom is 0.238 e. The van der Waals surface area contributed by atoms with Crippen molar-refractivity contribution in [2.24, 2.45) is 11.8 Å². The second-order valence-electron chi connectivity index (χ2n) is 8.06. The molecule has 7 rings (SSSR count). The standard InChI is InChI=1S/C25H19NO2/c1-14-8-2-7-13-19(14)26-24(27)22-20-15-9-3-4-10-16(15)21(23(22)25(26)28)18-12-6-5-11-17(18)20/h2-13,20-23H,1H3/t20?,21?,22-,23?/m0/s1. The molecule has 0 saturated carbocycles. The molecule has 3 heteroatoms. The fourth-order valence-corrected chi connectivity index (χ4v) is 5.73. The van der Waals surface area contributed by atoms with E-state index in [1.54, 1.807) is 0 Å². The lowest BCUT2D eigenvalue weighted by atomic mass is 9.55. The predicted octanol–water partition coefficient (Wildman–Crippen LogP) is 4.39. The molecule has 4 aliphatic rings. The summed E-state index contributed by atoms with van der Waals surface area (Å²) >= 11 is 0. The molecule has 3 aromatic carbocycles. The van der Waals surface area contributed by atoms with Crippen molar-refractivity contribution in [1.82, 2.24) is 0 Å². The van der Waals surface area contributed by atoms with Gasteiger partial charge in [-0.3, -0.25) is 9.59 Å². The van der Waals surface area contributed by atoms with Crippen LogP contribution in [0.1, 0.15) is 39.7 Å². The number of benzene rings is 3. The highest BCUT2D eigenvalue weighted by Crippen LogP contribution is 2.61. The van der Waals surface area contributed by atoms with Crippen molar-refractivity contribution in [3.8, 4) is 0 Å². The van der Waals surface area contributed by atoms with Gasteiger partial charge in [0.2, 0.25) is 11.8 Å². The van der Waals surface area contributed by atoms with Crippen LogP contribution < -0.4 is 4.90 Å². The third-order valence-corrected chi connectivity index (χ3v) is 6.80. The van der Waals surface area contributed by atoms with E-state index in [1.807, 2.05) is 55.5 Å². The molecule has 0 N–H and O–H groups in total. The number of nitrogens with zero attached hydrogens (tertiary/aromatic N) is 1. The summed E-state index contributed by atoms with van der Waals surface area (Å²) in [5.41, 5.74) is 6.51. The zero-order valence-electron chi connectivity index (χ0n) is 15.5. The van der Waals surface area contributed by atoms with Gasteiger partial charge in [0.1, 0.15) is 0 Å². The van der Waals surface area contributed by atoms with Gasteiger partial charge in [0.05, 0.1) is 17.5 Å². The molecule has 2 atom stereocenters. The summed E-state index contributed by atoms with van der Waals surface area (Å²) in [6.45, 7) is 1.95. The summed E-state index contributed by atoms with van der Waals surface area (Å²) in [5.74, 6) is -0.837. The van der Waals surface area contributed by atoms with Gasteiger partial charge in [0, 0.05) is 11.8 Å². The lowest BCUT2D eigenvalue weighted by Gasteiger charge is -2.45. The molecule has 3 aromatic rings. The van der Waals surface area contributed by atoms with Crippen LogP contribution in [0.3, 0.4) is 0 Å². The fraction of sp³-hybridized carbons (Fsp3) is 0.200. The fourth-order valence-electron chi connectivity index (χ4n) is 5.73. The van der Waals surface area contributed by atoms with Crippen LogP contribution in [0, 0.1) is 18.8 Å². The Morgan fingerprint density at radius 1 is 0.607 bits per heavy atom. The second kappa shape index (κ2) is 5.41. The van der Waals surface area contributed by atoms with Gasteiger partial charge in [-0.05, 0) is 40.8 Å². The van der Waals surface area contributed by atoms with Gasteiger partial charge in [-0.1, -0.05) is 66.7 Å². The molecule has 136 valence electrons. The smallest absolute Gasteiger partial charge is 0.238 e. The molecule has 0 radical (unpaired) electrons. The van der Waals surface area contributed by atoms with Crippen LogP contribution in [0.2, 0.25) is 0 Å². The minimum atomic E-state index is -0.318. The number of carbonyl (C=O) groups excluding carboxylic acids is 2. The van der Waals surface area contributed by atoms with Crippen LogP contribution in [-0.4, -0.2) is 11.8 Å². The third kappa shape index (κ3) is 1.79. The molecule has 2 amide bonds. The lowest BCUT2D eigenvalue weighted by Crippen LogP contribution is -2.41. The highest BCUT2D eigenvalue weighted by atomic mass is 16.2. The second-order valence-corrected chi connectivity index (χ2v) is 8.06. The van der Waals surface area contributed by atoms with Crippen molar-refractivity contribution < 1.29 is 9.59 Å². The lowest BCUT2D eigenvalue weighted by molar-refractivity contribution is -0.122. The molecule has 3 aliphatic carbocycles. The Morgan fingerprint density at radius 3 is 1.43 bits per heavy atom. The normalized spacial score (nSPS) is 26.8. The number of carbonyl (C=O) groups is 2. The maximum atomic E-state index is 13.6. The van der Waals surface area contributed by atoms with E-state index in [9.17, 15) is 9.59 Å². The predicted molar refractivity (Wildman–Crippen MR) is 107 cm³/mol. The average molecular weight is 365 g/mol. The summed E-state index contributed by atoms with van der Waals surface area (Å²) < 4.78 is 0. The molecule has 0 spiro atoms. The first-order valence-corrected chi connectivity index (χ1v) is 9.79. The zero-order chi connectivity index (χ0) is 19.0. The number of hydrogen-bond donors (Lipinski definition) is 0. The number of rotatable bonds is 1. The Bertz CT molecular complexity index is 1050. The third-order valence-electron chi connectivity index (χ3n) is 6.80. The van der Waals surface area contributed by atoms with Crippen LogP contribution in [0.4, 0.5) is 5.69 Å². The van der Waals surface area contributed by atoms with Crippen molar-refractivity contribution in [3.63, 3.8) is 0 Å². The highest BCUT2D eigenvalue weighted by molar-refractivity contribution is 6.23.